The van der Waals surface area contributed by atoms with Crippen LogP contribution < -0.4 is 4.72 Å². The second kappa shape index (κ2) is 4.53. The maximum Gasteiger partial charge on any atom is 0.272 e. The molecule has 0 saturated heterocycles. The van der Waals surface area contributed by atoms with Crippen molar-refractivity contribution in [2.45, 2.75) is 4.21 Å². The van der Waals surface area contributed by atoms with Crippen LogP contribution in [0.2, 0.25) is 0 Å². The van der Waals surface area contributed by atoms with E-state index in [4.69, 9.17) is 5.26 Å². The van der Waals surface area contributed by atoms with Gasteiger partial charge in [0.2, 0.25) is 0 Å². The highest BCUT2D eigenvalue weighted by Crippen LogP contribution is 2.19. The average molecular weight is 265 g/mol. The summed E-state index contributed by atoms with van der Waals surface area (Å²) in [6, 6.07) is 7.95. The fourth-order valence-electron chi connectivity index (χ4n) is 1.16. The number of aromatic nitrogens is 1. The van der Waals surface area contributed by atoms with Crippen LogP contribution >= 0.6 is 11.3 Å². The summed E-state index contributed by atoms with van der Waals surface area (Å²) in [5.74, 6) is 0.137. The molecular formula is C10H7N3O2S2. The Balaban J connectivity index is 2.30. The zero-order chi connectivity index (χ0) is 12.3. The summed E-state index contributed by atoms with van der Waals surface area (Å²) in [6.07, 6.45) is 1.38. The number of rotatable bonds is 3. The quantitative estimate of drug-likeness (QED) is 0.917. The number of thiophene rings is 1. The number of sulfonamides is 1. The molecule has 0 radical (unpaired) electrons. The predicted octanol–water partition coefficient (Wildman–Crippen LogP) is 1.82. The second-order valence-corrected chi connectivity index (χ2v) is 5.94. The Morgan fingerprint density at radius 2 is 2.24 bits per heavy atom. The van der Waals surface area contributed by atoms with Gasteiger partial charge in [-0.2, -0.15) is 5.26 Å². The minimum absolute atomic E-state index is 0.137. The van der Waals surface area contributed by atoms with E-state index in [9.17, 15) is 8.42 Å². The molecule has 1 N–H and O–H groups in total. The molecule has 2 rings (SSSR count). The van der Waals surface area contributed by atoms with E-state index in [1.807, 2.05) is 6.07 Å². The molecule has 0 aromatic carbocycles. The molecule has 0 aliphatic rings. The van der Waals surface area contributed by atoms with Gasteiger partial charge in [-0.05, 0) is 23.6 Å². The molecule has 86 valence electrons. The maximum atomic E-state index is 11.8. The molecule has 0 atom stereocenters. The highest BCUT2D eigenvalue weighted by Gasteiger charge is 2.15. The Kier molecular flexibility index (Phi) is 3.08. The van der Waals surface area contributed by atoms with Gasteiger partial charge in [0, 0.05) is 6.20 Å². The van der Waals surface area contributed by atoms with E-state index in [1.165, 1.54) is 24.4 Å². The predicted molar refractivity (Wildman–Crippen MR) is 64.1 cm³/mol. The monoisotopic (exact) mass is 265 g/mol. The molecule has 0 spiro atoms. The first-order valence-corrected chi connectivity index (χ1v) is 6.90. The van der Waals surface area contributed by atoms with E-state index in [0.29, 0.717) is 5.56 Å². The van der Waals surface area contributed by atoms with Gasteiger partial charge in [0.15, 0.2) is 0 Å². The van der Waals surface area contributed by atoms with Crippen molar-refractivity contribution in [1.29, 1.82) is 5.26 Å². The fraction of sp³-hybridized carbons (Fsp3) is 0. The topological polar surface area (TPSA) is 82.8 Å². The maximum absolute atomic E-state index is 11.8. The Bertz CT molecular complexity index is 657. The molecule has 2 aromatic heterocycles. The molecule has 0 fully saturated rings. The largest absolute Gasteiger partial charge is 0.272 e. The van der Waals surface area contributed by atoms with Crippen molar-refractivity contribution in [3.63, 3.8) is 0 Å². The first-order chi connectivity index (χ1) is 8.12. The molecule has 2 heterocycles. The molecular weight excluding hydrogens is 258 g/mol. The van der Waals surface area contributed by atoms with Crippen LogP contribution in [0.25, 0.3) is 0 Å². The summed E-state index contributed by atoms with van der Waals surface area (Å²) in [4.78, 5) is 3.85. The number of anilines is 1. The molecule has 2 aromatic rings. The molecule has 17 heavy (non-hydrogen) atoms. The van der Waals surface area contributed by atoms with Gasteiger partial charge < -0.3 is 0 Å². The van der Waals surface area contributed by atoms with Gasteiger partial charge in [-0.15, -0.1) is 11.3 Å². The summed E-state index contributed by atoms with van der Waals surface area (Å²) < 4.78 is 26.2. The second-order valence-electron chi connectivity index (χ2n) is 3.08. The minimum atomic E-state index is -3.60. The van der Waals surface area contributed by atoms with E-state index in [0.717, 1.165) is 11.3 Å². The lowest BCUT2D eigenvalue weighted by atomic mass is 10.3. The van der Waals surface area contributed by atoms with Gasteiger partial charge in [0.05, 0.1) is 11.6 Å². The highest BCUT2D eigenvalue weighted by molar-refractivity contribution is 7.94. The van der Waals surface area contributed by atoms with Gasteiger partial charge in [-0.3, -0.25) is 4.72 Å². The van der Waals surface area contributed by atoms with Crippen LogP contribution in [0.3, 0.4) is 0 Å². The number of pyridine rings is 1. The third kappa shape index (κ3) is 2.61. The van der Waals surface area contributed by atoms with Gasteiger partial charge in [-0.1, -0.05) is 6.07 Å². The molecule has 0 saturated carbocycles. The van der Waals surface area contributed by atoms with Crippen LogP contribution in [0.5, 0.6) is 0 Å². The summed E-state index contributed by atoms with van der Waals surface area (Å²) in [5, 5.41) is 10.4. The first kappa shape index (κ1) is 11.6. The number of hydrogen-bond acceptors (Lipinski definition) is 5. The SMILES string of the molecule is N#Cc1ccnc(NS(=O)(=O)c2cccs2)c1. The van der Waals surface area contributed by atoms with Crippen LogP contribution in [0.1, 0.15) is 5.56 Å². The van der Waals surface area contributed by atoms with Crippen molar-refractivity contribution in [1.82, 2.24) is 4.98 Å². The Labute approximate surface area is 102 Å². The summed E-state index contributed by atoms with van der Waals surface area (Å²) in [7, 11) is -3.60. The van der Waals surface area contributed by atoms with E-state index in [-0.39, 0.29) is 10.0 Å². The van der Waals surface area contributed by atoms with Crippen molar-refractivity contribution in [3.8, 4) is 6.07 Å². The molecule has 0 bridgehead atoms. The third-order valence-corrected chi connectivity index (χ3v) is 4.64. The number of hydrogen-bond donors (Lipinski definition) is 1. The average Bonchev–Trinajstić information content (AvgIpc) is 2.83. The van der Waals surface area contributed by atoms with E-state index >= 15 is 0 Å². The molecule has 5 nitrogen and oxygen atoms in total. The third-order valence-electron chi connectivity index (χ3n) is 1.89. The number of nitriles is 1. The zero-order valence-electron chi connectivity index (χ0n) is 8.49. The number of nitrogens with zero attached hydrogens (tertiary/aromatic N) is 2. The molecule has 0 unspecified atom stereocenters. The van der Waals surface area contributed by atoms with E-state index < -0.39 is 10.0 Å². The van der Waals surface area contributed by atoms with Crippen molar-refractivity contribution in [3.05, 3.63) is 41.4 Å². The van der Waals surface area contributed by atoms with Crippen LogP contribution in [-0.4, -0.2) is 13.4 Å². The van der Waals surface area contributed by atoms with Crippen LogP contribution in [0.15, 0.2) is 40.1 Å². The van der Waals surface area contributed by atoms with Crippen LogP contribution in [-0.2, 0) is 10.0 Å². The smallest absolute Gasteiger partial charge is 0.263 e. The van der Waals surface area contributed by atoms with E-state index in [2.05, 4.69) is 9.71 Å². The normalized spacial score (nSPS) is 10.8. The fourth-order valence-corrected chi connectivity index (χ4v) is 3.15. The van der Waals surface area contributed by atoms with Crippen molar-refractivity contribution >= 4 is 27.2 Å². The minimum Gasteiger partial charge on any atom is -0.263 e. The lowest BCUT2D eigenvalue weighted by Crippen LogP contribution is -2.12. The molecule has 0 aliphatic carbocycles. The number of nitrogens with one attached hydrogen (secondary N) is 1. The van der Waals surface area contributed by atoms with Crippen LogP contribution in [0.4, 0.5) is 5.82 Å². The van der Waals surface area contributed by atoms with E-state index in [1.54, 1.807) is 11.4 Å². The van der Waals surface area contributed by atoms with Gasteiger partial charge in [-0.25, -0.2) is 13.4 Å². The Morgan fingerprint density at radius 3 is 2.88 bits per heavy atom. The van der Waals surface area contributed by atoms with Gasteiger partial charge in [0.25, 0.3) is 10.0 Å². The highest BCUT2D eigenvalue weighted by atomic mass is 32.2. The molecule has 7 heteroatoms. The Morgan fingerprint density at radius 1 is 1.41 bits per heavy atom. The van der Waals surface area contributed by atoms with Crippen molar-refractivity contribution in [2.24, 2.45) is 0 Å². The van der Waals surface area contributed by atoms with Crippen molar-refractivity contribution < 1.29 is 8.42 Å². The molecule has 0 amide bonds. The summed E-state index contributed by atoms with van der Waals surface area (Å²) in [5.41, 5.74) is 0.351. The Hall–Kier alpha value is -1.91. The van der Waals surface area contributed by atoms with Gasteiger partial charge in [0.1, 0.15) is 10.0 Å². The lowest BCUT2D eigenvalue weighted by Gasteiger charge is -2.04. The first-order valence-electron chi connectivity index (χ1n) is 4.54. The van der Waals surface area contributed by atoms with Crippen molar-refractivity contribution in [2.75, 3.05) is 4.72 Å². The zero-order valence-corrected chi connectivity index (χ0v) is 10.1. The summed E-state index contributed by atoms with van der Waals surface area (Å²) in [6.45, 7) is 0. The van der Waals surface area contributed by atoms with Gasteiger partial charge >= 0.3 is 0 Å². The summed E-state index contributed by atoms with van der Waals surface area (Å²) >= 11 is 1.12. The lowest BCUT2D eigenvalue weighted by molar-refractivity contribution is 0.603. The molecule has 0 aliphatic heterocycles. The standard InChI is InChI=1S/C10H7N3O2S2/c11-7-8-3-4-12-9(6-8)13-17(14,15)10-2-1-5-16-10/h1-6H,(H,12,13). The van der Waals surface area contributed by atoms with Crippen LogP contribution in [0, 0.1) is 11.3 Å².